The van der Waals surface area contributed by atoms with E-state index < -0.39 is 0 Å². The third-order valence-electron chi connectivity index (χ3n) is 6.09. The lowest BCUT2D eigenvalue weighted by Crippen LogP contribution is -2.41. The molecular weight excluding hydrogens is 423 g/mol. The predicted octanol–water partition coefficient (Wildman–Crippen LogP) is 5.11. The smallest absolute Gasteiger partial charge is 0.230 e. The maximum Gasteiger partial charge on any atom is 0.230 e. The average Bonchev–Trinajstić information content (AvgIpc) is 3.21. The molecule has 0 saturated heterocycles. The van der Waals surface area contributed by atoms with Crippen molar-refractivity contribution >= 4 is 17.7 Å². The Morgan fingerprint density at radius 3 is 2.62 bits per heavy atom. The van der Waals surface area contributed by atoms with E-state index in [0.29, 0.717) is 29.0 Å². The fraction of sp³-hybridized carbons (Fsp3) is 0.400. The number of nitrogens with one attached hydrogen (secondary N) is 1. The van der Waals surface area contributed by atoms with Gasteiger partial charge in [-0.05, 0) is 42.9 Å². The van der Waals surface area contributed by atoms with Gasteiger partial charge in [0.15, 0.2) is 11.0 Å². The second-order valence-electron chi connectivity index (χ2n) is 8.40. The highest BCUT2D eigenvalue weighted by Crippen LogP contribution is 2.27. The van der Waals surface area contributed by atoms with Crippen LogP contribution in [0.5, 0.6) is 0 Å². The largest absolute Gasteiger partial charge is 0.352 e. The number of nitrogens with zero attached hydrogens (tertiary/aromatic N) is 3. The molecule has 1 amide bonds. The topological polar surface area (TPSA) is 59.8 Å². The molecule has 0 spiro atoms. The zero-order valence-corrected chi connectivity index (χ0v) is 19.2. The number of rotatable bonds is 8. The van der Waals surface area contributed by atoms with E-state index >= 15 is 0 Å². The lowest BCUT2D eigenvalue weighted by atomic mass is 9.86. The molecule has 1 fully saturated rings. The Labute approximate surface area is 192 Å². The Balaban J connectivity index is 1.49. The van der Waals surface area contributed by atoms with Crippen molar-refractivity contribution in [2.75, 3.05) is 5.75 Å². The van der Waals surface area contributed by atoms with Gasteiger partial charge in [-0.25, -0.2) is 4.39 Å². The van der Waals surface area contributed by atoms with E-state index in [2.05, 4.69) is 34.6 Å². The van der Waals surface area contributed by atoms with Gasteiger partial charge in [0.25, 0.3) is 0 Å². The Morgan fingerprint density at radius 1 is 1.09 bits per heavy atom. The number of carbonyl (C=O) groups excluding carboxylic acids is 1. The summed E-state index contributed by atoms with van der Waals surface area (Å²) in [6.07, 6.45) is 5.38. The van der Waals surface area contributed by atoms with Gasteiger partial charge in [-0.1, -0.05) is 74.0 Å². The molecule has 2 unspecified atom stereocenters. The number of benzene rings is 2. The van der Waals surface area contributed by atoms with Crippen LogP contribution in [0, 0.1) is 11.7 Å². The van der Waals surface area contributed by atoms with E-state index in [1.165, 1.54) is 36.2 Å². The number of halogens is 1. The zero-order valence-electron chi connectivity index (χ0n) is 18.3. The quantitative estimate of drug-likeness (QED) is 0.482. The summed E-state index contributed by atoms with van der Waals surface area (Å²) >= 11 is 1.36. The monoisotopic (exact) mass is 452 g/mol. The minimum Gasteiger partial charge on any atom is -0.352 e. The van der Waals surface area contributed by atoms with Gasteiger partial charge in [0.05, 0.1) is 11.3 Å². The first kappa shape index (κ1) is 22.5. The lowest BCUT2D eigenvalue weighted by molar-refractivity contribution is -0.119. The molecular formula is C25H29FN4OS. The summed E-state index contributed by atoms with van der Waals surface area (Å²) in [7, 11) is 0. The van der Waals surface area contributed by atoms with Crippen LogP contribution in [0.15, 0.2) is 59.8 Å². The van der Waals surface area contributed by atoms with Crippen molar-refractivity contribution in [1.29, 1.82) is 0 Å². The number of hydrogen-bond acceptors (Lipinski definition) is 4. The van der Waals surface area contributed by atoms with Gasteiger partial charge in [0.2, 0.25) is 5.91 Å². The Hall–Kier alpha value is -2.67. The molecule has 7 heteroatoms. The molecule has 1 heterocycles. The van der Waals surface area contributed by atoms with Crippen LogP contribution in [0.2, 0.25) is 0 Å². The number of hydrogen-bond donors (Lipinski definition) is 1. The van der Waals surface area contributed by atoms with Crippen LogP contribution >= 0.6 is 11.8 Å². The van der Waals surface area contributed by atoms with Gasteiger partial charge < -0.3 is 9.88 Å². The predicted molar refractivity (Wildman–Crippen MR) is 126 cm³/mol. The summed E-state index contributed by atoms with van der Waals surface area (Å²) in [6.45, 7) is 2.81. The number of aryl methyl sites for hydroxylation is 1. The van der Waals surface area contributed by atoms with E-state index in [9.17, 15) is 9.18 Å². The standard InChI is InChI=1S/C25H29FN4OS/c1-18-9-5-8-14-22(18)27-23(31)17-32-25-29-28-24(20-12-6-7-13-21(20)26)30(25)16-15-19-10-3-2-4-11-19/h2-4,6-7,10-13,18,22H,5,8-9,14-17H2,1H3,(H,27,31). The van der Waals surface area contributed by atoms with Gasteiger partial charge >= 0.3 is 0 Å². The molecule has 1 aliphatic carbocycles. The molecule has 0 aliphatic heterocycles. The highest BCUT2D eigenvalue weighted by molar-refractivity contribution is 7.99. The molecule has 2 aromatic carbocycles. The lowest BCUT2D eigenvalue weighted by Gasteiger charge is -2.29. The number of thioether (sulfide) groups is 1. The molecule has 168 valence electrons. The first-order chi connectivity index (χ1) is 15.6. The maximum absolute atomic E-state index is 14.5. The second-order valence-corrected chi connectivity index (χ2v) is 9.34. The molecule has 0 bridgehead atoms. The zero-order chi connectivity index (χ0) is 22.3. The van der Waals surface area contributed by atoms with Crippen LogP contribution in [0.3, 0.4) is 0 Å². The van der Waals surface area contributed by atoms with Crippen LogP contribution in [-0.4, -0.2) is 32.5 Å². The fourth-order valence-corrected chi connectivity index (χ4v) is 5.01. The minimum atomic E-state index is -0.332. The average molecular weight is 453 g/mol. The Morgan fingerprint density at radius 2 is 1.84 bits per heavy atom. The van der Waals surface area contributed by atoms with Crippen molar-refractivity contribution in [3.63, 3.8) is 0 Å². The maximum atomic E-state index is 14.5. The molecule has 32 heavy (non-hydrogen) atoms. The first-order valence-electron chi connectivity index (χ1n) is 11.3. The van der Waals surface area contributed by atoms with Crippen LogP contribution in [0.4, 0.5) is 4.39 Å². The van der Waals surface area contributed by atoms with Gasteiger partial charge in [0, 0.05) is 12.6 Å². The third kappa shape index (κ3) is 5.57. The van der Waals surface area contributed by atoms with Crippen molar-refractivity contribution in [3.05, 3.63) is 66.0 Å². The molecule has 1 N–H and O–H groups in total. The van der Waals surface area contributed by atoms with Gasteiger partial charge in [-0.2, -0.15) is 0 Å². The van der Waals surface area contributed by atoms with Gasteiger partial charge in [-0.15, -0.1) is 10.2 Å². The summed E-state index contributed by atoms with van der Waals surface area (Å²) in [5.41, 5.74) is 1.60. The first-order valence-corrected chi connectivity index (χ1v) is 12.2. The second kappa shape index (κ2) is 10.8. The van der Waals surface area contributed by atoms with Crippen molar-refractivity contribution < 1.29 is 9.18 Å². The summed E-state index contributed by atoms with van der Waals surface area (Å²) in [6, 6.07) is 17.0. The van der Waals surface area contributed by atoms with E-state index in [-0.39, 0.29) is 23.5 Å². The molecule has 3 aromatic rings. The van der Waals surface area contributed by atoms with E-state index in [0.717, 1.165) is 19.3 Å². The molecule has 0 radical (unpaired) electrons. The number of aromatic nitrogens is 3. The molecule has 1 saturated carbocycles. The van der Waals surface area contributed by atoms with Crippen molar-refractivity contribution in [1.82, 2.24) is 20.1 Å². The van der Waals surface area contributed by atoms with Crippen LogP contribution in [0.1, 0.15) is 38.2 Å². The Kier molecular flexibility index (Phi) is 7.58. The van der Waals surface area contributed by atoms with E-state index in [1.54, 1.807) is 18.2 Å². The summed E-state index contributed by atoms with van der Waals surface area (Å²) in [5.74, 6) is 0.951. The summed E-state index contributed by atoms with van der Waals surface area (Å²) in [5, 5.41) is 12.4. The fourth-order valence-electron chi connectivity index (χ4n) is 4.23. The molecule has 2 atom stereocenters. The van der Waals surface area contributed by atoms with Crippen LogP contribution < -0.4 is 5.32 Å². The third-order valence-corrected chi connectivity index (χ3v) is 7.06. The van der Waals surface area contributed by atoms with Crippen LogP contribution in [-0.2, 0) is 17.8 Å². The SMILES string of the molecule is CC1CCCCC1NC(=O)CSc1nnc(-c2ccccc2F)n1CCc1ccccc1. The van der Waals surface area contributed by atoms with E-state index in [1.807, 2.05) is 22.8 Å². The molecule has 1 aliphatic rings. The highest BCUT2D eigenvalue weighted by Gasteiger charge is 2.23. The Bertz CT molecular complexity index is 1040. The number of amides is 1. The van der Waals surface area contributed by atoms with Crippen LogP contribution in [0.25, 0.3) is 11.4 Å². The molecule has 4 rings (SSSR count). The minimum absolute atomic E-state index is 0.0128. The van der Waals surface area contributed by atoms with Gasteiger partial charge in [0.1, 0.15) is 5.82 Å². The molecule has 1 aromatic heterocycles. The van der Waals surface area contributed by atoms with Gasteiger partial charge in [-0.3, -0.25) is 4.79 Å². The molecule has 5 nitrogen and oxygen atoms in total. The summed E-state index contributed by atoms with van der Waals surface area (Å²) in [4.78, 5) is 12.6. The van der Waals surface area contributed by atoms with Crippen molar-refractivity contribution in [2.45, 2.75) is 56.8 Å². The van der Waals surface area contributed by atoms with Crippen molar-refractivity contribution in [2.24, 2.45) is 5.92 Å². The van der Waals surface area contributed by atoms with Crippen molar-refractivity contribution in [3.8, 4) is 11.4 Å². The van der Waals surface area contributed by atoms with E-state index in [4.69, 9.17) is 0 Å². The highest BCUT2D eigenvalue weighted by atomic mass is 32.2. The number of carbonyl (C=O) groups is 1. The summed E-state index contributed by atoms with van der Waals surface area (Å²) < 4.78 is 16.4. The normalized spacial score (nSPS) is 18.4.